The number of aliphatic imine (C=N–C) groups is 1. The second kappa shape index (κ2) is 2.99. The zero-order chi connectivity index (χ0) is 8.48. The lowest BCUT2D eigenvalue weighted by molar-refractivity contribution is 0.0436. The van der Waals surface area contributed by atoms with E-state index >= 15 is 0 Å². The molecule has 3 nitrogen and oxygen atoms in total. The summed E-state index contributed by atoms with van der Waals surface area (Å²) in [6.45, 7) is 4.10. The Morgan fingerprint density at radius 1 is 1.82 bits per heavy atom. The van der Waals surface area contributed by atoms with Crippen molar-refractivity contribution in [3.63, 3.8) is 0 Å². The van der Waals surface area contributed by atoms with Gasteiger partial charge in [-0.25, -0.2) is 4.99 Å². The fraction of sp³-hybridized carbons (Fsp3) is 0.857. The van der Waals surface area contributed by atoms with Crippen LogP contribution in [0.2, 0.25) is 0 Å². The zero-order valence-corrected chi connectivity index (χ0v) is 7.43. The van der Waals surface area contributed by atoms with E-state index in [-0.39, 0.29) is 18.4 Å². The van der Waals surface area contributed by atoms with Crippen LogP contribution in [0.3, 0.4) is 0 Å². The molecule has 0 saturated heterocycles. The number of alkyl halides is 1. The van der Waals surface area contributed by atoms with Crippen LogP contribution in [0.1, 0.15) is 13.8 Å². The highest BCUT2D eigenvalue weighted by Crippen LogP contribution is 2.19. The largest absolute Gasteiger partial charge is 0.475 e. The summed E-state index contributed by atoms with van der Waals surface area (Å²) in [5, 5.41) is 9.47. The average molecular weight is 178 g/mol. The van der Waals surface area contributed by atoms with Gasteiger partial charge in [0.2, 0.25) is 5.72 Å². The third kappa shape index (κ3) is 1.84. The predicted octanol–water partition coefficient (Wildman–Crippen LogP) is 0.998. The molecule has 0 amide bonds. The minimum atomic E-state index is -1.18. The minimum Gasteiger partial charge on any atom is -0.475 e. The highest BCUT2D eigenvalue weighted by atomic mass is 35.5. The Morgan fingerprint density at radius 2 is 2.45 bits per heavy atom. The van der Waals surface area contributed by atoms with Crippen molar-refractivity contribution < 1.29 is 9.84 Å². The number of aliphatic hydroxyl groups is 1. The maximum Gasteiger partial charge on any atom is 0.207 e. The van der Waals surface area contributed by atoms with Crippen LogP contribution >= 0.6 is 11.6 Å². The monoisotopic (exact) mass is 177 g/mol. The van der Waals surface area contributed by atoms with Crippen molar-refractivity contribution >= 4 is 17.5 Å². The molecule has 4 heteroatoms. The van der Waals surface area contributed by atoms with Crippen molar-refractivity contribution in [1.29, 1.82) is 0 Å². The van der Waals surface area contributed by atoms with Crippen LogP contribution < -0.4 is 0 Å². The molecule has 0 aromatic carbocycles. The van der Waals surface area contributed by atoms with E-state index in [0.29, 0.717) is 5.90 Å². The standard InChI is InChI=1S/C7H12ClNO2/c1-5(2)6-9-7(10,3-8)4-11-6/h5,10H,3-4H2,1-2H3. The molecule has 1 unspecified atom stereocenters. The molecule has 11 heavy (non-hydrogen) atoms. The van der Waals surface area contributed by atoms with Crippen molar-refractivity contribution in [2.75, 3.05) is 12.5 Å². The number of halogens is 1. The first-order chi connectivity index (χ1) is 5.07. The first-order valence-corrected chi connectivity index (χ1v) is 4.12. The number of hydrogen-bond acceptors (Lipinski definition) is 3. The highest BCUT2D eigenvalue weighted by Gasteiger charge is 2.33. The molecule has 1 N–H and O–H groups in total. The molecule has 0 aromatic heterocycles. The van der Waals surface area contributed by atoms with E-state index in [9.17, 15) is 5.11 Å². The molecule has 0 radical (unpaired) electrons. The third-order valence-corrected chi connectivity index (χ3v) is 1.91. The first-order valence-electron chi connectivity index (χ1n) is 3.58. The average Bonchev–Trinajstić information content (AvgIpc) is 2.33. The molecule has 1 rings (SSSR count). The number of nitrogens with zero attached hydrogens (tertiary/aromatic N) is 1. The molecule has 0 aliphatic carbocycles. The second-order valence-electron chi connectivity index (χ2n) is 3.01. The minimum absolute atomic E-state index is 0.0865. The summed E-state index contributed by atoms with van der Waals surface area (Å²) in [5.74, 6) is 0.892. The highest BCUT2D eigenvalue weighted by molar-refractivity contribution is 6.18. The molecule has 1 heterocycles. The van der Waals surface area contributed by atoms with Gasteiger partial charge in [-0.05, 0) is 0 Å². The Kier molecular flexibility index (Phi) is 2.40. The van der Waals surface area contributed by atoms with Crippen molar-refractivity contribution in [2.45, 2.75) is 19.6 Å². The van der Waals surface area contributed by atoms with E-state index in [1.54, 1.807) is 0 Å². The Balaban J connectivity index is 2.67. The zero-order valence-electron chi connectivity index (χ0n) is 6.67. The van der Waals surface area contributed by atoms with Crippen molar-refractivity contribution in [3.05, 3.63) is 0 Å². The molecule has 1 atom stereocenters. The Labute approximate surface area is 71.0 Å². The summed E-state index contributed by atoms with van der Waals surface area (Å²) >= 11 is 5.48. The summed E-state index contributed by atoms with van der Waals surface area (Å²) in [5.41, 5.74) is -1.18. The smallest absolute Gasteiger partial charge is 0.207 e. The molecular weight excluding hydrogens is 166 g/mol. The molecule has 1 aliphatic heterocycles. The van der Waals surface area contributed by atoms with Gasteiger partial charge in [0, 0.05) is 5.92 Å². The third-order valence-electron chi connectivity index (χ3n) is 1.48. The van der Waals surface area contributed by atoms with Gasteiger partial charge in [-0.1, -0.05) is 13.8 Å². The van der Waals surface area contributed by atoms with Gasteiger partial charge >= 0.3 is 0 Å². The van der Waals surface area contributed by atoms with Gasteiger partial charge < -0.3 is 9.84 Å². The molecule has 0 fully saturated rings. The number of ether oxygens (including phenoxy) is 1. The molecule has 64 valence electrons. The van der Waals surface area contributed by atoms with Crippen LogP contribution in [0.25, 0.3) is 0 Å². The fourth-order valence-corrected chi connectivity index (χ4v) is 0.960. The van der Waals surface area contributed by atoms with Crippen molar-refractivity contribution in [2.24, 2.45) is 10.9 Å². The summed E-state index contributed by atoms with van der Waals surface area (Å²) < 4.78 is 5.14. The van der Waals surface area contributed by atoms with E-state index in [2.05, 4.69) is 4.99 Å². The van der Waals surface area contributed by atoms with Gasteiger partial charge in [0.15, 0.2) is 5.90 Å². The van der Waals surface area contributed by atoms with E-state index in [1.165, 1.54) is 0 Å². The topological polar surface area (TPSA) is 41.8 Å². The predicted molar refractivity (Wildman–Crippen MR) is 43.9 cm³/mol. The van der Waals surface area contributed by atoms with Gasteiger partial charge in [0.1, 0.15) is 6.61 Å². The summed E-state index contributed by atoms with van der Waals surface area (Å²) in [4.78, 5) is 3.96. The van der Waals surface area contributed by atoms with Crippen LogP contribution in [0, 0.1) is 5.92 Å². The van der Waals surface area contributed by atoms with Crippen LogP contribution in [-0.4, -0.2) is 29.2 Å². The van der Waals surface area contributed by atoms with E-state index < -0.39 is 5.72 Å². The van der Waals surface area contributed by atoms with Crippen LogP contribution in [0.5, 0.6) is 0 Å². The quantitative estimate of drug-likeness (QED) is 0.640. The summed E-state index contributed by atoms with van der Waals surface area (Å²) in [6, 6.07) is 0. The maximum absolute atomic E-state index is 9.47. The van der Waals surface area contributed by atoms with E-state index in [1.807, 2.05) is 13.8 Å². The Bertz CT molecular complexity index is 181. The lowest BCUT2D eigenvalue weighted by atomic mass is 10.2. The van der Waals surface area contributed by atoms with E-state index in [0.717, 1.165) is 0 Å². The second-order valence-corrected chi connectivity index (χ2v) is 3.28. The van der Waals surface area contributed by atoms with Crippen LogP contribution in [-0.2, 0) is 4.74 Å². The molecule has 1 aliphatic rings. The Hall–Kier alpha value is -0.280. The summed E-state index contributed by atoms with van der Waals surface area (Å²) in [6.07, 6.45) is 0. The van der Waals surface area contributed by atoms with Gasteiger partial charge in [0.05, 0.1) is 5.88 Å². The van der Waals surface area contributed by atoms with Crippen molar-refractivity contribution in [3.8, 4) is 0 Å². The van der Waals surface area contributed by atoms with Gasteiger partial charge in [-0.15, -0.1) is 11.6 Å². The van der Waals surface area contributed by atoms with Gasteiger partial charge in [-0.3, -0.25) is 0 Å². The van der Waals surface area contributed by atoms with Crippen LogP contribution in [0.15, 0.2) is 4.99 Å². The van der Waals surface area contributed by atoms with Gasteiger partial charge in [-0.2, -0.15) is 0 Å². The lowest BCUT2D eigenvalue weighted by Gasteiger charge is -2.10. The van der Waals surface area contributed by atoms with Crippen LogP contribution in [0.4, 0.5) is 0 Å². The lowest BCUT2D eigenvalue weighted by Crippen LogP contribution is -2.29. The number of rotatable bonds is 2. The molecule has 0 saturated carbocycles. The van der Waals surface area contributed by atoms with E-state index in [4.69, 9.17) is 16.3 Å². The SMILES string of the molecule is CC(C)C1=NC(O)(CCl)CO1. The first kappa shape index (κ1) is 8.81. The molecular formula is C7H12ClNO2. The normalized spacial score (nSPS) is 30.5. The molecule has 0 spiro atoms. The van der Waals surface area contributed by atoms with Crippen molar-refractivity contribution in [1.82, 2.24) is 0 Å². The number of hydrogen-bond donors (Lipinski definition) is 1. The molecule has 0 bridgehead atoms. The maximum atomic E-state index is 9.47. The summed E-state index contributed by atoms with van der Waals surface area (Å²) in [7, 11) is 0. The molecule has 0 aromatic rings. The Morgan fingerprint density at radius 3 is 2.73 bits per heavy atom. The fourth-order valence-electron chi connectivity index (χ4n) is 0.823. The van der Waals surface area contributed by atoms with Gasteiger partial charge in [0.25, 0.3) is 0 Å².